The van der Waals surface area contributed by atoms with E-state index in [0.29, 0.717) is 23.0 Å². The summed E-state index contributed by atoms with van der Waals surface area (Å²) < 4.78 is 10.6. The zero-order chi connectivity index (χ0) is 18.8. The van der Waals surface area contributed by atoms with E-state index in [4.69, 9.17) is 9.47 Å². The van der Waals surface area contributed by atoms with E-state index in [9.17, 15) is 4.79 Å². The summed E-state index contributed by atoms with van der Waals surface area (Å²) in [6, 6.07) is 9.28. The number of hydrogen-bond donors (Lipinski definition) is 1. The Balaban J connectivity index is 1.48. The lowest BCUT2D eigenvalue weighted by Gasteiger charge is -2.32. The van der Waals surface area contributed by atoms with Gasteiger partial charge in [0.15, 0.2) is 0 Å². The fourth-order valence-corrected chi connectivity index (χ4v) is 3.79. The number of aromatic nitrogens is 2. The summed E-state index contributed by atoms with van der Waals surface area (Å²) in [5.41, 5.74) is 3.95. The Morgan fingerprint density at radius 3 is 2.52 bits per heavy atom. The number of pyridine rings is 1. The molecule has 1 N–H and O–H groups in total. The maximum Gasteiger partial charge on any atom is 0.254 e. The monoisotopic (exact) mass is 365 g/mol. The summed E-state index contributed by atoms with van der Waals surface area (Å²) in [6.07, 6.45) is 5.74. The van der Waals surface area contributed by atoms with Gasteiger partial charge in [0.1, 0.15) is 11.5 Å². The Hall–Kier alpha value is -3.02. The molecule has 1 aromatic carbocycles. The van der Waals surface area contributed by atoms with Crippen molar-refractivity contribution in [2.24, 2.45) is 0 Å². The Labute approximate surface area is 158 Å². The van der Waals surface area contributed by atoms with Crippen LogP contribution in [0.25, 0.3) is 11.0 Å². The third kappa shape index (κ3) is 3.35. The number of benzene rings is 1. The third-order valence-corrected chi connectivity index (χ3v) is 5.28. The van der Waals surface area contributed by atoms with E-state index < -0.39 is 0 Å². The molecule has 3 aromatic rings. The topological polar surface area (TPSA) is 67.5 Å². The van der Waals surface area contributed by atoms with E-state index in [2.05, 4.69) is 16.2 Å². The predicted octanol–water partition coefficient (Wildman–Crippen LogP) is 3.60. The molecule has 1 fully saturated rings. The van der Waals surface area contributed by atoms with Gasteiger partial charge in [-0.1, -0.05) is 0 Å². The van der Waals surface area contributed by atoms with Gasteiger partial charge in [-0.2, -0.15) is 0 Å². The molecule has 6 nitrogen and oxygen atoms in total. The maximum absolute atomic E-state index is 12.9. The second-order valence-electron chi connectivity index (χ2n) is 6.81. The minimum Gasteiger partial charge on any atom is -0.497 e. The minimum atomic E-state index is 0.0164. The molecule has 0 saturated carbocycles. The van der Waals surface area contributed by atoms with Crippen molar-refractivity contribution in [3.8, 4) is 11.5 Å². The van der Waals surface area contributed by atoms with Gasteiger partial charge in [-0.3, -0.25) is 9.78 Å². The average molecular weight is 365 g/mol. The molecule has 0 unspecified atom stereocenters. The number of nitrogens with zero attached hydrogens (tertiary/aromatic N) is 2. The predicted molar refractivity (Wildman–Crippen MR) is 104 cm³/mol. The standard InChI is InChI=1S/C21H23N3O3/c1-26-16-10-15(11-17(12-16)27-2)21(25)24-8-5-14(6-9-24)18-13-23-19-4-3-7-22-20(18)19/h3-4,7,10-14,23H,5-6,8-9H2,1-2H3. The molecule has 0 atom stereocenters. The molecule has 0 aliphatic carbocycles. The number of H-pyrrole nitrogens is 1. The van der Waals surface area contributed by atoms with Crippen LogP contribution in [-0.4, -0.2) is 48.1 Å². The van der Waals surface area contributed by atoms with Crippen LogP contribution in [0.1, 0.15) is 34.7 Å². The van der Waals surface area contributed by atoms with Crippen molar-refractivity contribution in [2.45, 2.75) is 18.8 Å². The molecular weight excluding hydrogens is 342 g/mol. The van der Waals surface area contributed by atoms with Gasteiger partial charge in [0, 0.05) is 37.1 Å². The number of methoxy groups -OCH3 is 2. The zero-order valence-electron chi connectivity index (χ0n) is 15.6. The van der Waals surface area contributed by atoms with Gasteiger partial charge in [-0.25, -0.2) is 0 Å². The lowest BCUT2D eigenvalue weighted by Crippen LogP contribution is -2.37. The number of likely N-dealkylation sites (tertiary alicyclic amines) is 1. The minimum absolute atomic E-state index is 0.0164. The highest BCUT2D eigenvalue weighted by Crippen LogP contribution is 2.33. The fourth-order valence-electron chi connectivity index (χ4n) is 3.79. The molecule has 27 heavy (non-hydrogen) atoms. The normalized spacial score (nSPS) is 15.1. The summed E-state index contributed by atoms with van der Waals surface area (Å²) in [7, 11) is 3.17. The van der Waals surface area contributed by atoms with Crippen LogP contribution in [0, 0.1) is 0 Å². The van der Waals surface area contributed by atoms with Crippen molar-refractivity contribution < 1.29 is 14.3 Å². The first-order chi connectivity index (χ1) is 13.2. The Morgan fingerprint density at radius 1 is 1.15 bits per heavy atom. The Bertz CT molecular complexity index is 936. The van der Waals surface area contributed by atoms with Gasteiger partial charge < -0.3 is 19.4 Å². The quantitative estimate of drug-likeness (QED) is 0.767. The summed E-state index contributed by atoms with van der Waals surface area (Å²) in [5, 5.41) is 0. The van der Waals surface area contributed by atoms with E-state index in [1.807, 2.05) is 23.2 Å². The second-order valence-corrected chi connectivity index (χ2v) is 6.81. The molecule has 1 amide bonds. The van der Waals surface area contributed by atoms with E-state index in [0.717, 1.165) is 37.0 Å². The van der Waals surface area contributed by atoms with Crippen LogP contribution in [0.5, 0.6) is 11.5 Å². The van der Waals surface area contributed by atoms with Gasteiger partial charge in [0.2, 0.25) is 0 Å². The van der Waals surface area contributed by atoms with Crippen molar-refractivity contribution >= 4 is 16.9 Å². The summed E-state index contributed by atoms with van der Waals surface area (Å²) in [4.78, 5) is 22.7. The van der Waals surface area contributed by atoms with Crippen LogP contribution in [0.3, 0.4) is 0 Å². The number of ether oxygens (including phenoxy) is 2. The second kappa shape index (κ2) is 7.31. The first-order valence-corrected chi connectivity index (χ1v) is 9.14. The van der Waals surface area contributed by atoms with Crippen molar-refractivity contribution in [2.75, 3.05) is 27.3 Å². The largest absolute Gasteiger partial charge is 0.497 e. The number of amides is 1. The van der Waals surface area contributed by atoms with Gasteiger partial charge in [0.05, 0.1) is 25.3 Å². The lowest BCUT2D eigenvalue weighted by molar-refractivity contribution is 0.0712. The fraction of sp³-hybridized carbons (Fsp3) is 0.333. The first kappa shape index (κ1) is 17.4. The number of carbonyl (C=O) groups excluding carboxylic acids is 1. The summed E-state index contributed by atoms with van der Waals surface area (Å²) >= 11 is 0. The molecule has 1 aliphatic heterocycles. The van der Waals surface area contributed by atoms with Crippen molar-refractivity contribution in [3.63, 3.8) is 0 Å². The van der Waals surface area contributed by atoms with Gasteiger partial charge in [-0.15, -0.1) is 0 Å². The molecule has 2 aromatic heterocycles. The maximum atomic E-state index is 12.9. The molecule has 0 spiro atoms. The highest BCUT2D eigenvalue weighted by atomic mass is 16.5. The van der Waals surface area contributed by atoms with Crippen LogP contribution < -0.4 is 9.47 Å². The van der Waals surface area contributed by atoms with Crippen molar-refractivity contribution in [3.05, 3.63) is 53.9 Å². The van der Waals surface area contributed by atoms with E-state index in [1.165, 1.54) is 5.56 Å². The lowest BCUT2D eigenvalue weighted by atomic mass is 9.90. The zero-order valence-corrected chi connectivity index (χ0v) is 15.6. The van der Waals surface area contributed by atoms with Crippen LogP contribution in [-0.2, 0) is 0 Å². The SMILES string of the molecule is COc1cc(OC)cc(C(=O)N2CCC(c3c[nH]c4cccnc34)CC2)c1. The van der Waals surface area contributed by atoms with Crippen LogP contribution >= 0.6 is 0 Å². The van der Waals surface area contributed by atoms with Crippen LogP contribution in [0.4, 0.5) is 0 Å². The molecule has 4 rings (SSSR count). The van der Waals surface area contributed by atoms with Gasteiger partial charge >= 0.3 is 0 Å². The van der Waals surface area contributed by atoms with Crippen molar-refractivity contribution in [1.82, 2.24) is 14.9 Å². The smallest absolute Gasteiger partial charge is 0.254 e. The number of fused-ring (bicyclic) bond motifs is 1. The number of aromatic amines is 1. The molecule has 0 radical (unpaired) electrons. The molecule has 140 valence electrons. The third-order valence-electron chi connectivity index (χ3n) is 5.28. The van der Waals surface area contributed by atoms with Crippen molar-refractivity contribution in [1.29, 1.82) is 0 Å². The molecule has 0 bridgehead atoms. The number of piperidine rings is 1. The Morgan fingerprint density at radius 2 is 1.85 bits per heavy atom. The highest BCUT2D eigenvalue weighted by Gasteiger charge is 2.27. The Kier molecular flexibility index (Phi) is 4.71. The first-order valence-electron chi connectivity index (χ1n) is 9.14. The van der Waals surface area contributed by atoms with Crippen LogP contribution in [0.15, 0.2) is 42.7 Å². The summed E-state index contributed by atoms with van der Waals surface area (Å²) in [5.74, 6) is 1.68. The number of carbonyl (C=O) groups is 1. The van der Waals surface area contributed by atoms with E-state index in [-0.39, 0.29) is 5.91 Å². The molecular formula is C21H23N3O3. The molecule has 1 aliphatic rings. The number of rotatable bonds is 4. The van der Waals surface area contributed by atoms with E-state index in [1.54, 1.807) is 32.4 Å². The number of nitrogens with one attached hydrogen (secondary N) is 1. The van der Waals surface area contributed by atoms with Gasteiger partial charge in [-0.05, 0) is 48.6 Å². The molecule has 1 saturated heterocycles. The molecule has 3 heterocycles. The number of hydrogen-bond acceptors (Lipinski definition) is 4. The van der Waals surface area contributed by atoms with Crippen LogP contribution in [0.2, 0.25) is 0 Å². The summed E-state index contributed by atoms with van der Waals surface area (Å²) in [6.45, 7) is 1.45. The average Bonchev–Trinajstić information content (AvgIpc) is 3.17. The molecule has 6 heteroatoms. The van der Waals surface area contributed by atoms with Gasteiger partial charge in [0.25, 0.3) is 5.91 Å². The van der Waals surface area contributed by atoms with E-state index >= 15 is 0 Å². The highest BCUT2D eigenvalue weighted by molar-refractivity contribution is 5.95.